The van der Waals surface area contributed by atoms with Gasteiger partial charge < -0.3 is 15.6 Å². The fourth-order valence-corrected chi connectivity index (χ4v) is 4.79. The highest BCUT2D eigenvalue weighted by molar-refractivity contribution is 5.89. The number of rotatable bonds is 6. The summed E-state index contributed by atoms with van der Waals surface area (Å²) in [7, 11) is 0. The minimum absolute atomic E-state index is 0.0566. The Morgan fingerprint density at radius 2 is 1.70 bits per heavy atom. The molecule has 2 aromatic rings. The van der Waals surface area contributed by atoms with Gasteiger partial charge in [0, 0.05) is 12.0 Å². The van der Waals surface area contributed by atoms with Crippen LogP contribution in [0.1, 0.15) is 77.3 Å². The fourth-order valence-electron chi connectivity index (χ4n) is 4.79. The lowest BCUT2D eigenvalue weighted by molar-refractivity contribution is -0.138. The van der Waals surface area contributed by atoms with Gasteiger partial charge in [-0.15, -0.1) is 0 Å². The van der Waals surface area contributed by atoms with Gasteiger partial charge in [0.1, 0.15) is 11.3 Å². The van der Waals surface area contributed by atoms with Crippen molar-refractivity contribution < 1.29 is 27.8 Å². The topological polar surface area (TPSA) is 72.6 Å². The number of nitrogens with two attached hydrogens (primary N) is 1. The molecule has 0 aliphatic heterocycles. The number of halogens is 3. The minimum atomic E-state index is -4.58. The zero-order valence-electron chi connectivity index (χ0n) is 19.8. The van der Waals surface area contributed by atoms with Crippen LogP contribution in [0, 0.1) is 11.3 Å². The van der Waals surface area contributed by atoms with Crippen molar-refractivity contribution in [3.63, 3.8) is 0 Å². The van der Waals surface area contributed by atoms with Gasteiger partial charge in [-0.1, -0.05) is 39.0 Å². The maximum Gasteiger partial charge on any atom is 0.420 e. The SMILES string of the molecule is CC(N)(CCC(=O)O)c1ccc2c(C(F)(F)F)c(OC3CCC(C(C)(C)C)CC3)ccc2c1. The van der Waals surface area contributed by atoms with Gasteiger partial charge in [-0.3, -0.25) is 4.79 Å². The molecule has 0 radical (unpaired) electrons. The van der Waals surface area contributed by atoms with E-state index in [0.29, 0.717) is 16.9 Å². The van der Waals surface area contributed by atoms with Gasteiger partial charge in [-0.2, -0.15) is 13.2 Å². The molecule has 0 heterocycles. The summed E-state index contributed by atoms with van der Waals surface area (Å²) < 4.78 is 48.3. The molecular weight excluding hydrogens is 431 g/mol. The lowest BCUT2D eigenvalue weighted by atomic mass is 9.72. The quantitative estimate of drug-likeness (QED) is 0.488. The van der Waals surface area contributed by atoms with Crippen LogP contribution in [-0.4, -0.2) is 17.2 Å². The van der Waals surface area contributed by atoms with Crippen LogP contribution in [0.25, 0.3) is 10.8 Å². The molecule has 1 unspecified atom stereocenters. The van der Waals surface area contributed by atoms with Crippen molar-refractivity contribution in [2.75, 3.05) is 0 Å². The molecule has 1 aliphatic carbocycles. The van der Waals surface area contributed by atoms with Crippen molar-refractivity contribution >= 4 is 16.7 Å². The predicted octanol–water partition coefficient (Wildman–Crippen LogP) is 6.88. The van der Waals surface area contributed by atoms with E-state index in [2.05, 4.69) is 20.8 Å². The highest BCUT2D eigenvalue weighted by Gasteiger charge is 2.38. The normalized spacial score (nSPS) is 21.6. The first-order valence-corrected chi connectivity index (χ1v) is 11.5. The Morgan fingerprint density at radius 3 is 2.24 bits per heavy atom. The van der Waals surface area contributed by atoms with E-state index in [1.165, 1.54) is 12.1 Å². The lowest BCUT2D eigenvalue weighted by Crippen LogP contribution is -2.33. The second-order valence-corrected chi connectivity index (χ2v) is 10.6. The Hall–Kier alpha value is -2.28. The molecule has 7 heteroatoms. The molecule has 2 aromatic carbocycles. The second kappa shape index (κ2) is 9.16. The standard InChI is InChI=1S/C26H34F3NO3/c1-24(2,3)17-6-9-19(10-7-17)33-21-12-5-16-15-18(25(4,30)14-13-22(31)32)8-11-20(16)23(21)26(27,28)29/h5,8,11-12,15,17,19H,6-7,9-10,13-14,30H2,1-4H3,(H,31,32). The first kappa shape index (κ1) is 25.3. The van der Waals surface area contributed by atoms with Crippen molar-refractivity contribution in [3.05, 3.63) is 41.5 Å². The van der Waals surface area contributed by atoms with E-state index < -0.39 is 23.2 Å². The van der Waals surface area contributed by atoms with E-state index in [-0.39, 0.29) is 35.5 Å². The number of hydrogen-bond acceptors (Lipinski definition) is 3. The second-order valence-electron chi connectivity index (χ2n) is 10.6. The Bertz CT molecular complexity index is 1000. The third-order valence-corrected chi connectivity index (χ3v) is 6.98. The van der Waals surface area contributed by atoms with Crippen LogP contribution in [0.3, 0.4) is 0 Å². The molecular formula is C26H34F3NO3. The van der Waals surface area contributed by atoms with Crippen LogP contribution < -0.4 is 10.5 Å². The van der Waals surface area contributed by atoms with Gasteiger partial charge in [0.05, 0.1) is 6.10 Å². The molecule has 182 valence electrons. The number of carbonyl (C=O) groups is 1. The van der Waals surface area contributed by atoms with E-state index >= 15 is 0 Å². The van der Waals surface area contributed by atoms with Gasteiger partial charge in [0.15, 0.2) is 0 Å². The van der Waals surface area contributed by atoms with Gasteiger partial charge in [0.25, 0.3) is 0 Å². The molecule has 3 N–H and O–H groups in total. The average molecular weight is 466 g/mol. The molecule has 0 saturated heterocycles. The van der Waals surface area contributed by atoms with E-state index in [1.54, 1.807) is 25.1 Å². The van der Waals surface area contributed by atoms with Crippen molar-refractivity contribution in [3.8, 4) is 5.75 Å². The molecule has 0 amide bonds. The first-order valence-electron chi connectivity index (χ1n) is 11.5. The van der Waals surface area contributed by atoms with Gasteiger partial charge in [-0.05, 0) is 78.8 Å². The van der Waals surface area contributed by atoms with Gasteiger partial charge >= 0.3 is 12.1 Å². The zero-order valence-corrected chi connectivity index (χ0v) is 19.8. The fraction of sp³-hybridized carbons (Fsp3) is 0.577. The summed E-state index contributed by atoms with van der Waals surface area (Å²) >= 11 is 0. The number of hydrogen-bond donors (Lipinski definition) is 2. The summed E-state index contributed by atoms with van der Waals surface area (Å²) in [5.74, 6) is -0.561. The Labute approximate surface area is 193 Å². The highest BCUT2D eigenvalue weighted by atomic mass is 19.4. The van der Waals surface area contributed by atoms with Crippen LogP contribution >= 0.6 is 0 Å². The number of benzene rings is 2. The molecule has 1 saturated carbocycles. The summed E-state index contributed by atoms with van der Waals surface area (Å²) in [5, 5.41) is 9.40. The minimum Gasteiger partial charge on any atom is -0.490 e. The smallest absolute Gasteiger partial charge is 0.420 e. The van der Waals surface area contributed by atoms with Crippen LogP contribution in [0.2, 0.25) is 0 Å². The summed E-state index contributed by atoms with van der Waals surface area (Å²) in [6, 6.07) is 7.61. The van der Waals surface area contributed by atoms with Crippen LogP contribution in [0.15, 0.2) is 30.3 Å². The molecule has 0 bridgehead atoms. The molecule has 0 spiro atoms. The molecule has 1 fully saturated rings. The van der Waals surface area contributed by atoms with E-state index in [0.717, 1.165) is 25.7 Å². The van der Waals surface area contributed by atoms with E-state index in [9.17, 15) is 18.0 Å². The third kappa shape index (κ3) is 5.99. The van der Waals surface area contributed by atoms with Crippen LogP contribution in [0.5, 0.6) is 5.75 Å². The Morgan fingerprint density at radius 1 is 1.06 bits per heavy atom. The summed E-state index contributed by atoms with van der Waals surface area (Å²) in [4.78, 5) is 10.9. The molecule has 1 aliphatic rings. The number of alkyl halides is 3. The number of aliphatic carboxylic acids is 1. The number of carboxylic acids is 1. The van der Waals surface area contributed by atoms with Crippen molar-refractivity contribution in [2.24, 2.45) is 17.1 Å². The molecule has 1 atom stereocenters. The highest BCUT2D eigenvalue weighted by Crippen LogP contribution is 2.44. The molecule has 0 aromatic heterocycles. The largest absolute Gasteiger partial charge is 0.490 e. The van der Waals surface area contributed by atoms with E-state index in [1.807, 2.05) is 0 Å². The maximum atomic E-state index is 14.1. The van der Waals surface area contributed by atoms with Gasteiger partial charge in [-0.25, -0.2) is 0 Å². The Balaban J connectivity index is 1.90. The van der Waals surface area contributed by atoms with Crippen molar-refractivity contribution in [1.82, 2.24) is 0 Å². The number of ether oxygens (including phenoxy) is 1. The predicted molar refractivity (Wildman–Crippen MR) is 123 cm³/mol. The lowest BCUT2D eigenvalue weighted by Gasteiger charge is -2.37. The molecule has 33 heavy (non-hydrogen) atoms. The first-order chi connectivity index (χ1) is 15.2. The summed E-state index contributed by atoms with van der Waals surface area (Å²) in [6.45, 7) is 8.29. The van der Waals surface area contributed by atoms with Crippen molar-refractivity contribution in [2.45, 2.75) is 84.0 Å². The van der Waals surface area contributed by atoms with E-state index in [4.69, 9.17) is 15.6 Å². The zero-order chi connectivity index (χ0) is 24.6. The van der Waals surface area contributed by atoms with Crippen LogP contribution in [-0.2, 0) is 16.5 Å². The summed E-state index contributed by atoms with van der Waals surface area (Å²) in [5.41, 5.74) is 5.33. The number of fused-ring (bicyclic) bond motifs is 1. The maximum absolute atomic E-state index is 14.1. The Kier molecular flexibility index (Phi) is 7.04. The van der Waals surface area contributed by atoms with Crippen molar-refractivity contribution in [1.29, 1.82) is 0 Å². The third-order valence-electron chi connectivity index (χ3n) is 6.98. The van der Waals surface area contributed by atoms with Crippen LogP contribution in [0.4, 0.5) is 13.2 Å². The monoisotopic (exact) mass is 465 g/mol. The number of carboxylic acid groups (broad SMARTS) is 1. The average Bonchev–Trinajstić information content (AvgIpc) is 2.70. The summed E-state index contributed by atoms with van der Waals surface area (Å²) in [6.07, 6.45) is -1.38. The van der Waals surface area contributed by atoms with Gasteiger partial charge in [0.2, 0.25) is 0 Å². The molecule has 4 nitrogen and oxygen atoms in total. The molecule has 3 rings (SSSR count).